The molecule has 0 spiro atoms. The molecular formula is C29H32FN7O2. The first-order chi connectivity index (χ1) is 19.1. The van der Waals surface area contributed by atoms with Crippen LogP contribution in [0, 0.1) is 5.82 Å². The van der Waals surface area contributed by atoms with Crippen molar-refractivity contribution < 1.29 is 13.9 Å². The molecule has 0 radical (unpaired) electrons. The lowest BCUT2D eigenvalue weighted by molar-refractivity contribution is 0.0342. The van der Waals surface area contributed by atoms with Crippen molar-refractivity contribution in [1.82, 2.24) is 30.0 Å². The number of benzene rings is 2. The Hall–Kier alpha value is -4.15. The van der Waals surface area contributed by atoms with Crippen molar-refractivity contribution in [3.05, 3.63) is 67.1 Å². The number of halogens is 1. The molecule has 6 rings (SSSR count). The quantitative estimate of drug-likeness (QED) is 0.308. The fourth-order valence-electron chi connectivity index (χ4n) is 4.59. The summed E-state index contributed by atoms with van der Waals surface area (Å²) in [4.78, 5) is 13.2. The van der Waals surface area contributed by atoms with Crippen LogP contribution in [-0.4, -0.2) is 56.6 Å². The highest BCUT2D eigenvalue weighted by molar-refractivity contribution is 5.99. The van der Waals surface area contributed by atoms with Crippen LogP contribution >= 0.6 is 0 Å². The minimum absolute atomic E-state index is 0.0253. The summed E-state index contributed by atoms with van der Waals surface area (Å²) in [5.41, 5.74) is 3.37. The molecule has 0 saturated carbocycles. The van der Waals surface area contributed by atoms with E-state index in [9.17, 15) is 0 Å². The molecule has 2 atom stereocenters. The maximum absolute atomic E-state index is 15.4. The molecule has 2 N–H and O–H groups in total. The van der Waals surface area contributed by atoms with E-state index in [1.165, 1.54) is 6.33 Å². The number of ether oxygens (including phenoxy) is 2. The van der Waals surface area contributed by atoms with E-state index in [4.69, 9.17) is 9.47 Å². The van der Waals surface area contributed by atoms with Crippen LogP contribution in [0.4, 0.5) is 15.9 Å². The number of fused-ring (bicyclic) bond motifs is 2. The van der Waals surface area contributed by atoms with Crippen molar-refractivity contribution in [2.75, 3.05) is 25.1 Å². The van der Waals surface area contributed by atoms with Gasteiger partial charge in [-0.1, -0.05) is 13.8 Å². The number of anilines is 2. The maximum atomic E-state index is 15.4. The van der Waals surface area contributed by atoms with Crippen molar-refractivity contribution in [2.45, 2.75) is 32.9 Å². The van der Waals surface area contributed by atoms with Crippen LogP contribution in [0.15, 0.2) is 61.3 Å². The Balaban J connectivity index is 0.00000151. The molecule has 1 aliphatic heterocycles. The molecule has 0 amide bonds. The smallest absolute Gasteiger partial charge is 0.156 e. The van der Waals surface area contributed by atoms with Gasteiger partial charge in [-0.25, -0.2) is 14.4 Å². The number of hydrogen-bond donors (Lipinski definition) is 2. The summed E-state index contributed by atoms with van der Waals surface area (Å²) in [6, 6.07) is 10.8. The number of rotatable bonds is 6. The lowest BCUT2D eigenvalue weighted by Gasteiger charge is -2.30. The van der Waals surface area contributed by atoms with Gasteiger partial charge >= 0.3 is 0 Å². The van der Waals surface area contributed by atoms with Gasteiger partial charge in [-0.3, -0.25) is 9.67 Å². The molecule has 0 bridgehead atoms. The number of nitrogens with one attached hydrogen (secondary N) is 2. The van der Waals surface area contributed by atoms with Gasteiger partial charge < -0.3 is 20.1 Å². The van der Waals surface area contributed by atoms with Gasteiger partial charge in [0, 0.05) is 36.9 Å². The van der Waals surface area contributed by atoms with Crippen LogP contribution in [-0.2, 0) is 11.8 Å². The molecule has 9 nitrogen and oxygen atoms in total. The van der Waals surface area contributed by atoms with Gasteiger partial charge in [0.1, 0.15) is 24.0 Å². The van der Waals surface area contributed by atoms with Crippen LogP contribution in [0.5, 0.6) is 5.75 Å². The third-order valence-electron chi connectivity index (χ3n) is 6.54. The van der Waals surface area contributed by atoms with E-state index in [-0.39, 0.29) is 17.8 Å². The SMILES string of the molecule is CC.CC(Oc1cc(-c2cnn(C)c2)cc2ncnc(Nc3ccc4ncccc4c3F)c12)C1COCCN1. The predicted molar refractivity (Wildman–Crippen MR) is 151 cm³/mol. The van der Waals surface area contributed by atoms with Crippen molar-refractivity contribution in [3.8, 4) is 16.9 Å². The van der Waals surface area contributed by atoms with Gasteiger partial charge in [0.2, 0.25) is 0 Å². The van der Waals surface area contributed by atoms with E-state index in [2.05, 4.69) is 30.7 Å². The zero-order valence-electron chi connectivity index (χ0n) is 22.5. The molecule has 1 saturated heterocycles. The summed E-state index contributed by atoms with van der Waals surface area (Å²) >= 11 is 0. The molecule has 2 unspecified atom stereocenters. The van der Waals surface area contributed by atoms with Gasteiger partial charge in [-0.15, -0.1) is 0 Å². The van der Waals surface area contributed by atoms with Crippen molar-refractivity contribution in [1.29, 1.82) is 0 Å². The summed E-state index contributed by atoms with van der Waals surface area (Å²) in [5, 5.41) is 12.0. The monoisotopic (exact) mass is 529 g/mol. The van der Waals surface area contributed by atoms with E-state index in [1.54, 1.807) is 41.3 Å². The third kappa shape index (κ3) is 5.52. The third-order valence-corrected chi connectivity index (χ3v) is 6.54. The van der Waals surface area contributed by atoms with Gasteiger partial charge in [0.15, 0.2) is 5.82 Å². The maximum Gasteiger partial charge on any atom is 0.156 e. The van der Waals surface area contributed by atoms with Crippen LogP contribution in [0.25, 0.3) is 32.9 Å². The van der Waals surface area contributed by atoms with Crippen LogP contribution in [0.1, 0.15) is 20.8 Å². The van der Waals surface area contributed by atoms with Crippen LogP contribution < -0.4 is 15.4 Å². The molecule has 10 heteroatoms. The molecule has 1 aliphatic rings. The second-order valence-electron chi connectivity index (χ2n) is 9.07. The highest BCUT2D eigenvalue weighted by atomic mass is 19.1. The summed E-state index contributed by atoms with van der Waals surface area (Å²) in [7, 11) is 1.87. The zero-order valence-corrected chi connectivity index (χ0v) is 22.5. The number of aromatic nitrogens is 5. The summed E-state index contributed by atoms with van der Waals surface area (Å²) < 4.78 is 29.3. The van der Waals surface area contributed by atoms with E-state index in [1.807, 2.05) is 46.1 Å². The fourth-order valence-corrected chi connectivity index (χ4v) is 4.59. The van der Waals surface area contributed by atoms with E-state index < -0.39 is 5.82 Å². The molecule has 3 aromatic heterocycles. The van der Waals surface area contributed by atoms with E-state index >= 15 is 4.39 Å². The fraction of sp³-hybridized carbons (Fsp3) is 0.310. The number of pyridine rings is 1. The Morgan fingerprint density at radius 1 is 1.13 bits per heavy atom. The number of morpholine rings is 1. The molecule has 1 fully saturated rings. The highest BCUT2D eigenvalue weighted by Gasteiger charge is 2.24. The van der Waals surface area contributed by atoms with Crippen LogP contribution in [0.3, 0.4) is 0 Å². The Morgan fingerprint density at radius 3 is 2.77 bits per heavy atom. The predicted octanol–water partition coefficient (Wildman–Crippen LogP) is 5.24. The summed E-state index contributed by atoms with van der Waals surface area (Å²) in [6.07, 6.45) is 6.63. The van der Waals surface area contributed by atoms with Gasteiger partial charge in [0.25, 0.3) is 0 Å². The first-order valence-corrected chi connectivity index (χ1v) is 13.1. The molecule has 5 aromatic rings. The standard InChI is InChI=1S/C27H26FN7O2.C2H6/c1-16(23-14-36-9-8-30-23)37-24-11-17(18-12-33-35(2)13-18)10-22-25(24)27(32-15-31-22)34-21-6-5-20-19(26(21)28)4-3-7-29-20;1-2/h3-7,10-13,15-16,23,30H,8-9,14H2,1-2H3,(H,31,32,34);1-2H3. The van der Waals surface area contributed by atoms with E-state index in [0.29, 0.717) is 46.6 Å². The average molecular weight is 530 g/mol. The number of nitrogens with zero attached hydrogens (tertiary/aromatic N) is 5. The molecule has 202 valence electrons. The first kappa shape index (κ1) is 26.5. The van der Waals surface area contributed by atoms with Gasteiger partial charge in [0.05, 0.1) is 47.6 Å². The molecular weight excluding hydrogens is 497 g/mol. The zero-order chi connectivity index (χ0) is 27.4. The van der Waals surface area contributed by atoms with Crippen molar-refractivity contribution >= 4 is 33.3 Å². The van der Waals surface area contributed by atoms with Crippen molar-refractivity contribution in [3.63, 3.8) is 0 Å². The minimum atomic E-state index is -0.399. The van der Waals surface area contributed by atoms with Crippen molar-refractivity contribution in [2.24, 2.45) is 7.05 Å². The number of aryl methyl sites for hydroxylation is 1. The normalized spacial score (nSPS) is 16.0. The molecule has 39 heavy (non-hydrogen) atoms. The molecule has 4 heterocycles. The topological polar surface area (TPSA) is 99.0 Å². The van der Waals surface area contributed by atoms with Gasteiger partial charge in [-0.05, 0) is 48.9 Å². The second-order valence-corrected chi connectivity index (χ2v) is 9.07. The summed E-state index contributed by atoms with van der Waals surface area (Å²) in [6.45, 7) is 8.00. The number of hydrogen-bond acceptors (Lipinski definition) is 8. The van der Waals surface area contributed by atoms with Crippen LogP contribution in [0.2, 0.25) is 0 Å². The lowest BCUT2D eigenvalue weighted by Crippen LogP contribution is -2.49. The van der Waals surface area contributed by atoms with Gasteiger partial charge in [-0.2, -0.15) is 5.10 Å². The molecule has 0 aliphatic carbocycles. The largest absolute Gasteiger partial charge is 0.488 e. The Kier molecular flexibility index (Phi) is 7.94. The Labute approximate surface area is 226 Å². The summed E-state index contributed by atoms with van der Waals surface area (Å²) in [5.74, 6) is 0.630. The Bertz CT molecular complexity index is 1580. The highest BCUT2D eigenvalue weighted by Crippen LogP contribution is 2.37. The minimum Gasteiger partial charge on any atom is -0.488 e. The average Bonchev–Trinajstić information content (AvgIpc) is 3.42. The first-order valence-electron chi connectivity index (χ1n) is 13.1. The lowest BCUT2D eigenvalue weighted by atomic mass is 10.1. The second kappa shape index (κ2) is 11.7. The molecule has 2 aromatic carbocycles. The van der Waals surface area contributed by atoms with E-state index in [0.717, 1.165) is 17.7 Å². The Morgan fingerprint density at radius 2 is 2.00 bits per heavy atom.